The molecule has 38 heavy (non-hydrogen) atoms. The molecule has 0 spiro atoms. The molecule has 1 saturated heterocycles. The number of H-pyrrole nitrogens is 1. The van der Waals surface area contributed by atoms with Gasteiger partial charge in [-0.25, -0.2) is 4.68 Å². The smallest absolute Gasteiger partial charge is 0.240 e. The third-order valence-corrected chi connectivity index (χ3v) is 7.88. The molecule has 0 radical (unpaired) electrons. The van der Waals surface area contributed by atoms with E-state index >= 15 is 0 Å². The van der Waals surface area contributed by atoms with Gasteiger partial charge in [-0.1, -0.05) is 6.92 Å². The van der Waals surface area contributed by atoms with Crippen molar-refractivity contribution in [3.05, 3.63) is 34.9 Å². The van der Waals surface area contributed by atoms with Crippen LogP contribution in [0.3, 0.4) is 0 Å². The van der Waals surface area contributed by atoms with Gasteiger partial charge in [0.05, 0.1) is 52.2 Å². The molecule has 0 amide bonds. The molecule has 2 aliphatic heterocycles. The Labute approximate surface area is 222 Å². The van der Waals surface area contributed by atoms with Gasteiger partial charge in [0.1, 0.15) is 6.61 Å². The Morgan fingerprint density at radius 2 is 2.11 bits per heavy atom. The summed E-state index contributed by atoms with van der Waals surface area (Å²) in [4.78, 5) is 7.27. The van der Waals surface area contributed by atoms with Crippen molar-refractivity contribution in [3.8, 4) is 23.0 Å². The minimum Gasteiger partial charge on any atom is -0.476 e. The topological polar surface area (TPSA) is 98.9 Å². The summed E-state index contributed by atoms with van der Waals surface area (Å²) in [6.07, 6.45) is 9.22. The molecule has 10 nitrogen and oxygen atoms in total. The first-order valence-corrected chi connectivity index (χ1v) is 13.7. The average molecular weight is 517 g/mol. The highest BCUT2D eigenvalue weighted by atomic mass is 16.5. The Morgan fingerprint density at radius 3 is 2.92 bits per heavy atom. The lowest BCUT2D eigenvalue weighted by molar-refractivity contribution is 0.156. The second kappa shape index (κ2) is 9.90. The maximum atomic E-state index is 6.54. The Bertz CT molecular complexity index is 1500. The van der Waals surface area contributed by atoms with Crippen molar-refractivity contribution in [2.45, 2.75) is 65.6 Å². The van der Waals surface area contributed by atoms with Crippen LogP contribution in [0.15, 0.2) is 12.3 Å². The molecule has 2 unspecified atom stereocenters. The van der Waals surface area contributed by atoms with Gasteiger partial charge in [-0.2, -0.15) is 10.2 Å². The zero-order valence-electron chi connectivity index (χ0n) is 22.9. The molecule has 2 aliphatic rings. The molecule has 0 saturated carbocycles. The second-order valence-corrected chi connectivity index (χ2v) is 10.3. The van der Waals surface area contributed by atoms with E-state index in [9.17, 15) is 0 Å². The Kier molecular flexibility index (Phi) is 6.43. The highest BCUT2D eigenvalue weighted by Crippen LogP contribution is 2.36. The summed E-state index contributed by atoms with van der Waals surface area (Å²) < 4.78 is 16.6. The van der Waals surface area contributed by atoms with Crippen LogP contribution in [0.5, 0.6) is 11.8 Å². The minimum absolute atomic E-state index is 0.255. The molecule has 10 heteroatoms. The molecule has 6 rings (SSSR count). The number of aromatic amines is 1. The number of pyridine rings is 1. The lowest BCUT2D eigenvalue weighted by Crippen LogP contribution is -2.35. The number of rotatable bonds is 4. The van der Waals surface area contributed by atoms with E-state index in [1.165, 1.54) is 5.69 Å². The quantitative estimate of drug-likeness (QED) is 0.417. The number of nitrogens with one attached hydrogen (secondary N) is 1. The number of hydrogen-bond acceptors (Lipinski definition) is 7. The summed E-state index contributed by atoms with van der Waals surface area (Å²) in [5.74, 6) is 1.42. The molecule has 6 heterocycles. The molecular weight excluding hydrogens is 480 g/mol. The van der Waals surface area contributed by atoms with Crippen LogP contribution in [0.4, 0.5) is 0 Å². The van der Waals surface area contributed by atoms with Crippen LogP contribution < -0.4 is 9.47 Å². The van der Waals surface area contributed by atoms with Crippen molar-refractivity contribution >= 4 is 23.1 Å². The fourth-order valence-electron chi connectivity index (χ4n) is 5.68. The largest absolute Gasteiger partial charge is 0.476 e. The zero-order valence-corrected chi connectivity index (χ0v) is 22.9. The van der Waals surface area contributed by atoms with Crippen molar-refractivity contribution in [1.82, 2.24) is 39.6 Å². The van der Waals surface area contributed by atoms with Crippen LogP contribution in [0.1, 0.15) is 68.7 Å². The molecular formula is C28H36N8O2. The van der Waals surface area contributed by atoms with Crippen LogP contribution in [-0.4, -0.2) is 65.4 Å². The fourth-order valence-corrected chi connectivity index (χ4v) is 5.68. The van der Waals surface area contributed by atoms with E-state index in [1.54, 1.807) is 0 Å². The number of hydrogen-bond donors (Lipinski definition) is 1. The van der Waals surface area contributed by atoms with Crippen LogP contribution in [-0.2, 0) is 13.6 Å². The minimum atomic E-state index is 0.255. The first-order chi connectivity index (χ1) is 18.5. The SMILES string of the molecule is CCOc1nn(C(C)CC)c2c1/C=C/c1n[nH]c3cnc(cc13)-c1c(C)nn(C)c1OCC1CCCN1C2. The molecule has 0 aromatic carbocycles. The van der Waals surface area contributed by atoms with Crippen molar-refractivity contribution in [2.24, 2.45) is 7.05 Å². The molecule has 200 valence electrons. The Hall–Kier alpha value is -3.66. The summed E-state index contributed by atoms with van der Waals surface area (Å²) in [7, 11) is 1.93. The van der Waals surface area contributed by atoms with Crippen molar-refractivity contribution in [1.29, 1.82) is 0 Å². The Morgan fingerprint density at radius 1 is 1.24 bits per heavy atom. The van der Waals surface area contributed by atoms with Crippen LogP contribution in [0.25, 0.3) is 34.3 Å². The molecule has 4 aromatic rings. The van der Waals surface area contributed by atoms with E-state index in [4.69, 9.17) is 19.6 Å². The molecule has 1 fully saturated rings. The second-order valence-electron chi connectivity index (χ2n) is 10.3. The number of aromatic nitrogens is 7. The van der Waals surface area contributed by atoms with Crippen molar-refractivity contribution in [2.75, 3.05) is 19.8 Å². The summed E-state index contributed by atoms with van der Waals surface area (Å²) in [6, 6.07) is 2.62. The fraction of sp³-hybridized carbons (Fsp3) is 0.500. The summed E-state index contributed by atoms with van der Waals surface area (Å²) in [5.41, 5.74) is 6.55. The summed E-state index contributed by atoms with van der Waals surface area (Å²) in [6.45, 7) is 11.4. The predicted octanol–water partition coefficient (Wildman–Crippen LogP) is 4.76. The maximum absolute atomic E-state index is 6.54. The standard InChI is InChI=1S/C28H36N8O2/c1-6-17(3)36-25-15-35-12-8-9-19(35)16-38-28-26(18(4)32-34(28)5)23-13-21-22(30-31-24(21)14-29-23)11-10-20(25)27(33-36)37-7-2/h10-11,13-14,17,19H,6-9,12,15-16H2,1-5H3,(H,30,31)/b11-10+. The molecule has 0 aliphatic carbocycles. The van der Waals surface area contributed by atoms with Gasteiger partial charge in [-0.05, 0) is 64.8 Å². The van der Waals surface area contributed by atoms with Crippen molar-refractivity contribution < 1.29 is 9.47 Å². The number of nitrogens with zero attached hydrogens (tertiary/aromatic N) is 7. The van der Waals surface area contributed by atoms with Gasteiger partial charge in [-0.3, -0.25) is 19.7 Å². The van der Waals surface area contributed by atoms with E-state index in [2.05, 4.69) is 56.9 Å². The van der Waals surface area contributed by atoms with Crippen LogP contribution in [0, 0.1) is 6.92 Å². The summed E-state index contributed by atoms with van der Waals surface area (Å²) >= 11 is 0. The van der Waals surface area contributed by atoms with E-state index in [-0.39, 0.29) is 6.04 Å². The Balaban J connectivity index is 1.55. The molecule has 2 bridgehead atoms. The first kappa shape index (κ1) is 24.7. The van der Waals surface area contributed by atoms with E-state index in [0.717, 1.165) is 77.3 Å². The van der Waals surface area contributed by atoms with Gasteiger partial charge in [0, 0.05) is 31.1 Å². The van der Waals surface area contributed by atoms with Gasteiger partial charge in [0.2, 0.25) is 11.8 Å². The third-order valence-electron chi connectivity index (χ3n) is 7.88. The van der Waals surface area contributed by atoms with Gasteiger partial charge in [0.15, 0.2) is 0 Å². The molecule has 2 atom stereocenters. The van der Waals surface area contributed by atoms with Crippen LogP contribution in [0.2, 0.25) is 0 Å². The first-order valence-electron chi connectivity index (χ1n) is 13.7. The van der Waals surface area contributed by atoms with Gasteiger partial charge >= 0.3 is 0 Å². The van der Waals surface area contributed by atoms with E-state index in [0.29, 0.717) is 25.1 Å². The molecule has 4 aromatic heterocycles. The molecule has 1 N–H and O–H groups in total. The maximum Gasteiger partial charge on any atom is 0.240 e. The average Bonchev–Trinajstić information content (AvgIpc) is 3.66. The highest BCUT2D eigenvalue weighted by molar-refractivity contribution is 5.92. The lowest BCUT2D eigenvalue weighted by atomic mass is 10.1. The number of ether oxygens (including phenoxy) is 2. The zero-order chi connectivity index (χ0) is 26.4. The van der Waals surface area contributed by atoms with Crippen molar-refractivity contribution in [3.63, 3.8) is 0 Å². The summed E-state index contributed by atoms with van der Waals surface area (Å²) in [5, 5.41) is 18.4. The van der Waals surface area contributed by atoms with Crippen LogP contribution >= 0.6 is 0 Å². The van der Waals surface area contributed by atoms with Gasteiger partial charge < -0.3 is 9.47 Å². The van der Waals surface area contributed by atoms with E-state index in [1.807, 2.05) is 31.8 Å². The number of fused-ring (bicyclic) bond motifs is 5. The number of aryl methyl sites for hydroxylation is 2. The highest BCUT2D eigenvalue weighted by Gasteiger charge is 2.30. The van der Waals surface area contributed by atoms with E-state index < -0.39 is 0 Å². The van der Waals surface area contributed by atoms with Gasteiger partial charge in [0.25, 0.3) is 0 Å². The lowest BCUT2D eigenvalue weighted by Gasteiger charge is -2.26. The van der Waals surface area contributed by atoms with Gasteiger partial charge in [-0.15, -0.1) is 5.10 Å². The normalized spacial score (nSPS) is 19.3. The third kappa shape index (κ3) is 4.16. The predicted molar refractivity (Wildman–Crippen MR) is 147 cm³/mol. The monoisotopic (exact) mass is 516 g/mol.